The molecule has 90 valence electrons. The highest BCUT2D eigenvalue weighted by Crippen LogP contribution is 2.24. The Morgan fingerprint density at radius 1 is 1.47 bits per heavy atom. The third-order valence-corrected chi connectivity index (χ3v) is 2.61. The van der Waals surface area contributed by atoms with Gasteiger partial charge in [0.15, 0.2) is 5.76 Å². The Labute approximate surface area is 99.2 Å². The maximum Gasteiger partial charge on any atom is 0.287 e. The van der Waals surface area contributed by atoms with Crippen LogP contribution in [0.2, 0.25) is 0 Å². The topological polar surface area (TPSA) is 62.5 Å². The number of aryl methyl sites for hydroxylation is 1. The number of nitrogens with one attached hydrogen (secondary N) is 1. The van der Waals surface area contributed by atoms with Crippen LogP contribution in [-0.4, -0.2) is 23.7 Å². The van der Waals surface area contributed by atoms with Crippen LogP contribution in [0.4, 0.5) is 0 Å². The minimum absolute atomic E-state index is 0.218. The molecule has 2 aromatic rings. The molecule has 0 unspecified atom stereocenters. The molecule has 0 aliphatic heterocycles. The number of carbonyl (C=O) groups is 1. The number of hydrogen-bond donors (Lipinski definition) is 2. The van der Waals surface area contributed by atoms with Gasteiger partial charge in [-0.05, 0) is 19.9 Å². The standard InChI is InChI=1S/C13H15NO3/c1-8(15)7-14-13(16)12-9(2)10-5-3-4-6-11(10)17-12/h3-6,8,15H,7H2,1-2H3,(H,14,16)/t8-/m1/s1. The van der Waals surface area contributed by atoms with E-state index in [1.807, 2.05) is 31.2 Å². The first-order chi connectivity index (χ1) is 8.09. The summed E-state index contributed by atoms with van der Waals surface area (Å²) in [7, 11) is 0. The summed E-state index contributed by atoms with van der Waals surface area (Å²) >= 11 is 0. The number of hydrogen-bond acceptors (Lipinski definition) is 3. The van der Waals surface area contributed by atoms with Crippen LogP contribution < -0.4 is 5.32 Å². The molecule has 0 aliphatic carbocycles. The molecule has 0 saturated heterocycles. The second kappa shape index (κ2) is 4.59. The zero-order chi connectivity index (χ0) is 12.4. The number of carbonyl (C=O) groups excluding carboxylic acids is 1. The number of aliphatic hydroxyl groups is 1. The van der Waals surface area contributed by atoms with Gasteiger partial charge >= 0.3 is 0 Å². The summed E-state index contributed by atoms with van der Waals surface area (Å²) in [5.41, 5.74) is 1.52. The average Bonchev–Trinajstić information content (AvgIpc) is 2.64. The van der Waals surface area contributed by atoms with Crippen molar-refractivity contribution in [2.75, 3.05) is 6.54 Å². The first kappa shape index (κ1) is 11.7. The Bertz CT molecular complexity index is 543. The predicted octanol–water partition coefficient (Wildman–Crippen LogP) is 1.85. The van der Waals surface area contributed by atoms with Gasteiger partial charge < -0.3 is 14.8 Å². The van der Waals surface area contributed by atoms with Crippen molar-refractivity contribution >= 4 is 16.9 Å². The zero-order valence-corrected chi connectivity index (χ0v) is 9.86. The Morgan fingerprint density at radius 3 is 2.82 bits per heavy atom. The summed E-state index contributed by atoms with van der Waals surface area (Å²) in [5, 5.41) is 12.7. The van der Waals surface area contributed by atoms with E-state index < -0.39 is 6.10 Å². The van der Waals surface area contributed by atoms with Crippen LogP contribution in [0.25, 0.3) is 11.0 Å². The van der Waals surface area contributed by atoms with Crippen molar-refractivity contribution in [1.82, 2.24) is 5.32 Å². The largest absolute Gasteiger partial charge is 0.451 e. The molecule has 0 fully saturated rings. The minimum Gasteiger partial charge on any atom is -0.451 e. The number of rotatable bonds is 3. The van der Waals surface area contributed by atoms with Gasteiger partial charge in [-0.3, -0.25) is 4.79 Å². The van der Waals surface area contributed by atoms with Crippen molar-refractivity contribution < 1.29 is 14.3 Å². The van der Waals surface area contributed by atoms with E-state index in [2.05, 4.69) is 5.32 Å². The number of amides is 1. The van der Waals surface area contributed by atoms with Crippen molar-refractivity contribution in [3.63, 3.8) is 0 Å². The van der Waals surface area contributed by atoms with E-state index in [0.29, 0.717) is 11.3 Å². The van der Waals surface area contributed by atoms with Gasteiger partial charge in [-0.25, -0.2) is 0 Å². The summed E-state index contributed by atoms with van der Waals surface area (Å²) in [6, 6.07) is 7.51. The van der Waals surface area contributed by atoms with E-state index in [9.17, 15) is 4.79 Å². The van der Waals surface area contributed by atoms with Crippen LogP contribution in [-0.2, 0) is 0 Å². The van der Waals surface area contributed by atoms with Gasteiger partial charge in [0.1, 0.15) is 5.58 Å². The fraction of sp³-hybridized carbons (Fsp3) is 0.308. The van der Waals surface area contributed by atoms with Crippen LogP contribution in [0.15, 0.2) is 28.7 Å². The van der Waals surface area contributed by atoms with Crippen LogP contribution in [0.3, 0.4) is 0 Å². The number of fused-ring (bicyclic) bond motifs is 1. The second-order valence-electron chi connectivity index (χ2n) is 4.11. The smallest absolute Gasteiger partial charge is 0.287 e. The first-order valence-corrected chi connectivity index (χ1v) is 5.54. The molecule has 1 heterocycles. The molecule has 4 nitrogen and oxygen atoms in total. The lowest BCUT2D eigenvalue weighted by molar-refractivity contribution is 0.0898. The van der Waals surface area contributed by atoms with E-state index in [4.69, 9.17) is 9.52 Å². The number of aliphatic hydroxyl groups excluding tert-OH is 1. The fourth-order valence-corrected chi connectivity index (χ4v) is 1.71. The third-order valence-electron chi connectivity index (χ3n) is 2.61. The third kappa shape index (κ3) is 2.31. The highest BCUT2D eigenvalue weighted by atomic mass is 16.3. The first-order valence-electron chi connectivity index (χ1n) is 5.54. The molecule has 0 spiro atoms. The molecule has 17 heavy (non-hydrogen) atoms. The number of furan rings is 1. The van der Waals surface area contributed by atoms with Crippen molar-refractivity contribution in [3.8, 4) is 0 Å². The molecule has 0 radical (unpaired) electrons. The molecular formula is C13H15NO3. The van der Waals surface area contributed by atoms with Crippen molar-refractivity contribution in [2.24, 2.45) is 0 Å². The Balaban J connectivity index is 2.29. The Kier molecular flexibility index (Phi) is 3.15. The lowest BCUT2D eigenvalue weighted by atomic mass is 10.1. The summed E-state index contributed by atoms with van der Waals surface area (Å²) in [4.78, 5) is 11.8. The predicted molar refractivity (Wildman–Crippen MR) is 65.0 cm³/mol. The van der Waals surface area contributed by atoms with Crippen LogP contribution in [0.1, 0.15) is 23.0 Å². The van der Waals surface area contributed by atoms with Gasteiger partial charge in [0, 0.05) is 17.5 Å². The minimum atomic E-state index is -0.566. The quantitative estimate of drug-likeness (QED) is 0.850. The maximum absolute atomic E-state index is 11.8. The summed E-state index contributed by atoms with van der Waals surface area (Å²) in [6.45, 7) is 3.68. The van der Waals surface area contributed by atoms with Crippen LogP contribution >= 0.6 is 0 Å². The van der Waals surface area contributed by atoms with Crippen molar-refractivity contribution in [2.45, 2.75) is 20.0 Å². The van der Waals surface area contributed by atoms with E-state index >= 15 is 0 Å². The van der Waals surface area contributed by atoms with Crippen molar-refractivity contribution in [1.29, 1.82) is 0 Å². The van der Waals surface area contributed by atoms with E-state index in [1.165, 1.54) is 0 Å². The van der Waals surface area contributed by atoms with Gasteiger partial charge in [-0.1, -0.05) is 18.2 Å². The average molecular weight is 233 g/mol. The molecule has 0 saturated carbocycles. The van der Waals surface area contributed by atoms with Gasteiger partial charge in [0.2, 0.25) is 0 Å². The van der Waals surface area contributed by atoms with Gasteiger partial charge in [-0.2, -0.15) is 0 Å². The number of para-hydroxylation sites is 1. The Hall–Kier alpha value is -1.81. The molecule has 1 atom stereocenters. The van der Waals surface area contributed by atoms with Crippen LogP contribution in [0, 0.1) is 6.92 Å². The molecule has 2 N–H and O–H groups in total. The lowest BCUT2D eigenvalue weighted by Gasteiger charge is -2.05. The highest BCUT2D eigenvalue weighted by Gasteiger charge is 2.17. The zero-order valence-electron chi connectivity index (χ0n) is 9.86. The maximum atomic E-state index is 11.8. The monoisotopic (exact) mass is 233 g/mol. The molecule has 1 aromatic carbocycles. The van der Waals surface area contributed by atoms with E-state index in [1.54, 1.807) is 6.92 Å². The molecule has 1 aromatic heterocycles. The van der Waals surface area contributed by atoms with Gasteiger partial charge in [0.05, 0.1) is 6.10 Å². The molecule has 4 heteroatoms. The summed E-state index contributed by atoms with van der Waals surface area (Å²) in [6.07, 6.45) is -0.566. The van der Waals surface area contributed by atoms with E-state index in [-0.39, 0.29) is 12.5 Å². The highest BCUT2D eigenvalue weighted by molar-refractivity contribution is 5.98. The molecule has 0 bridgehead atoms. The molecule has 0 aliphatic rings. The van der Waals surface area contributed by atoms with Gasteiger partial charge in [-0.15, -0.1) is 0 Å². The normalized spacial score (nSPS) is 12.6. The SMILES string of the molecule is Cc1c(C(=O)NC[C@@H](C)O)oc2ccccc12. The molecular weight excluding hydrogens is 218 g/mol. The molecule has 2 rings (SSSR count). The fourth-order valence-electron chi connectivity index (χ4n) is 1.71. The Morgan fingerprint density at radius 2 is 2.18 bits per heavy atom. The number of benzene rings is 1. The van der Waals surface area contributed by atoms with Gasteiger partial charge in [0.25, 0.3) is 5.91 Å². The van der Waals surface area contributed by atoms with Crippen molar-refractivity contribution in [3.05, 3.63) is 35.6 Å². The second-order valence-corrected chi connectivity index (χ2v) is 4.11. The molecule has 1 amide bonds. The summed E-state index contributed by atoms with van der Waals surface area (Å²) in [5.74, 6) is 0.0199. The van der Waals surface area contributed by atoms with E-state index in [0.717, 1.165) is 10.9 Å². The van der Waals surface area contributed by atoms with Crippen LogP contribution in [0.5, 0.6) is 0 Å². The lowest BCUT2D eigenvalue weighted by Crippen LogP contribution is -2.30. The summed E-state index contributed by atoms with van der Waals surface area (Å²) < 4.78 is 5.50.